The van der Waals surface area contributed by atoms with Crippen LogP contribution in [0.4, 0.5) is 5.82 Å². The van der Waals surface area contributed by atoms with Crippen molar-refractivity contribution in [3.05, 3.63) is 44.7 Å². The minimum Gasteiger partial charge on any atom is -0.409 e. The third-order valence-electron chi connectivity index (χ3n) is 3.80. The van der Waals surface area contributed by atoms with Crippen LogP contribution in [-0.2, 0) is 6.42 Å². The number of anilines is 1. The summed E-state index contributed by atoms with van der Waals surface area (Å²) < 4.78 is 0. The van der Waals surface area contributed by atoms with Gasteiger partial charge in [0.1, 0.15) is 5.82 Å². The molecule has 7 heteroatoms. The molecule has 1 aliphatic rings. The van der Waals surface area contributed by atoms with E-state index < -0.39 is 0 Å². The van der Waals surface area contributed by atoms with Crippen LogP contribution in [0.25, 0.3) is 0 Å². The van der Waals surface area contributed by atoms with Gasteiger partial charge in [-0.15, -0.1) is 11.3 Å². The second-order valence-corrected chi connectivity index (χ2v) is 6.28. The van der Waals surface area contributed by atoms with Gasteiger partial charge < -0.3 is 15.8 Å². The number of rotatable bonds is 2. The van der Waals surface area contributed by atoms with E-state index in [9.17, 15) is 0 Å². The highest BCUT2D eigenvalue weighted by Crippen LogP contribution is 2.38. The number of fused-ring (bicyclic) bond motifs is 1. The van der Waals surface area contributed by atoms with Gasteiger partial charge in [-0.1, -0.05) is 16.8 Å². The van der Waals surface area contributed by atoms with E-state index in [0.717, 1.165) is 13.0 Å². The molecule has 1 aliphatic heterocycles. The van der Waals surface area contributed by atoms with Crippen LogP contribution < -0.4 is 10.6 Å². The van der Waals surface area contributed by atoms with Gasteiger partial charge in [-0.3, -0.25) is 0 Å². The van der Waals surface area contributed by atoms with Crippen LogP contribution in [0.3, 0.4) is 0 Å². The third kappa shape index (κ3) is 2.34. The molecule has 3 N–H and O–H groups in total. The first-order valence-electron chi connectivity index (χ1n) is 6.58. The highest BCUT2D eigenvalue weighted by Gasteiger charge is 2.28. The second-order valence-electron chi connectivity index (χ2n) is 4.90. The number of amidine groups is 1. The zero-order valence-corrected chi connectivity index (χ0v) is 13.0. The predicted octanol–water partition coefficient (Wildman–Crippen LogP) is 3.01. The molecule has 2 aromatic heterocycles. The molecule has 0 bridgehead atoms. The number of hydrogen-bond acceptors (Lipinski definition) is 5. The topological polar surface area (TPSA) is 74.7 Å². The summed E-state index contributed by atoms with van der Waals surface area (Å²) in [7, 11) is 0. The van der Waals surface area contributed by atoms with Crippen LogP contribution in [0.2, 0.25) is 5.02 Å². The molecule has 0 spiro atoms. The van der Waals surface area contributed by atoms with Crippen LogP contribution >= 0.6 is 22.9 Å². The van der Waals surface area contributed by atoms with Crippen molar-refractivity contribution in [1.82, 2.24) is 4.98 Å². The lowest BCUT2D eigenvalue weighted by Crippen LogP contribution is -2.34. The molecule has 3 heterocycles. The summed E-state index contributed by atoms with van der Waals surface area (Å²) in [5.74, 6) is 0.662. The molecule has 0 fully saturated rings. The molecule has 2 aromatic rings. The zero-order valence-electron chi connectivity index (χ0n) is 11.5. The van der Waals surface area contributed by atoms with E-state index in [0.29, 0.717) is 16.4 Å². The van der Waals surface area contributed by atoms with Crippen molar-refractivity contribution in [1.29, 1.82) is 0 Å². The summed E-state index contributed by atoms with van der Waals surface area (Å²) in [5.41, 5.74) is 7.47. The summed E-state index contributed by atoms with van der Waals surface area (Å²) in [6, 6.07) is 4.00. The van der Waals surface area contributed by atoms with E-state index in [-0.39, 0.29) is 11.9 Å². The minimum absolute atomic E-state index is 0.00969. The van der Waals surface area contributed by atoms with Gasteiger partial charge in [0.05, 0.1) is 11.1 Å². The number of halogens is 1. The van der Waals surface area contributed by atoms with Crippen molar-refractivity contribution in [2.75, 3.05) is 11.4 Å². The first-order chi connectivity index (χ1) is 10.1. The first kappa shape index (κ1) is 14.2. The van der Waals surface area contributed by atoms with Gasteiger partial charge in [-0.05, 0) is 36.4 Å². The van der Waals surface area contributed by atoms with E-state index in [4.69, 9.17) is 22.5 Å². The minimum atomic E-state index is -0.00969. The maximum atomic E-state index is 8.84. The summed E-state index contributed by atoms with van der Waals surface area (Å²) in [4.78, 5) is 7.97. The molecule has 3 rings (SSSR count). The Morgan fingerprint density at radius 2 is 2.38 bits per heavy atom. The van der Waals surface area contributed by atoms with Gasteiger partial charge in [0.2, 0.25) is 0 Å². The summed E-state index contributed by atoms with van der Waals surface area (Å²) in [6.07, 6.45) is 2.60. The standard InChI is InChI=1S/C14H15ClN4OS/c1-8-9-4-7-21-11(9)3-6-19(8)14-12(15)10(2-5-17-14)13(16)18-20/h2,4-5,7-8,20H,3,6H2,1H3,(H2,16,18). The smallest absolute Gasteiger partial charge is 0.171 e. The van der Waals surface area contributed by atoms with Gasteiger partial charge >= 0.3 is 0 Å². The Labute approximate surface area is 131 Å². The van der Waals surface area contributed by atoms with Crippen molar-refractivity contribution in [3.8, 4) is 0 Å². The Bertz CT molecular complexity index is 700. The molecule has 0 aliphatic carbocycles. The van der Waals surface area contributed by atoms with E-state index >= 15 is 0 Å². The summed E-state index contributed by atoms with van der Waals surface area (Å²) in [5, 5.41) is 14.4. The lowest BCUT2D eigenvalue weighted by molar-refractivity contribution is 0.318. The highest BCUT2D eigenvalue weighted by molar-refractivity contribution is 7.10. The molecule has 0 radical (unpaired) electrons. The van der Waals surface area contributed by atoms with Crippen LogP contribution in [0.15, 0.2) is 28.9 Å². The fourth-order valence-corrected chi connectivity index (χ4v) is 3.96. The molecule has 0 saturated carbocycles. The largest absolute Gasteiger partial charge is 0.409 e. The number of aromatic nitrogens is 1. The Hall–Kier alpha value is -1.79. The van der Waals surface area contributed by atoms with Crippen molar-refractivity contribution >= 4 is 34.6 Å². The van der Waals surface area contributed by atoms with Crippen molar-refractivity contribution < 1.29 is 5.21 Å². The number of nitrogens with two attached hydrogens (primary N) is 1. The molecule has 5 nitrogen and oxygen atoms in total. The van der Waals surface area contributed by atoms with Crippen molar-refractivity contribution in [2.24, 2.45) is 10.9 Å². The molecule has 21 heavy (non-hydrogen) atoms. The Morgan fingerprint density at radius 3 is 3.14 bits per heavy atom. The Morgan fingerprint density at radius 1 is 1.57 bits per heavy atom. The van der Waals surface area contributed by atoms with Crippen LogP contribution in [0.1, 0.15) is 29.0 Å². The lowest BCUT2D eigenvalue weighted by Gasteiger charge is -2.35. The number of hydrogen-bond donors (Lipinski definition) is 2. The fraction of sp³-hybridized carbons (Fsp3) is 0.286. The molecule has 1 unspecified atom stereocenters. The van der Waals surface area contributed by atoms with Crippen LogP contribution in [0, 0.1) is 0 Å². The second kappa shape index (κ2) is 5.54. The van der Waals surface area contributed by atoms with E-state index in [1.807, 2.05) is 0 Å². The third-order valence-corrected chi connectivity index (χ3v) is 5.17. The molecule has 1 atom stereocenters. The van der Waals surface area contributed by atoms with Crippen LogP contribution in [-0.4, -0.2) is 22.6 Å². The van der Waals surface area contributed by atoms with E-state index in [1.165, 1.54) is 10.4 Å². The zero-order chi connectivity index (χ0) is 15.0. The molecular weight excluding hydrogens is 308 g/mol. The molecule has 0 saturated heterocycles. The van der Waals surface area contributed by atoms with Gasteiger partial charge in [0.15, 0.2) is 5.84 Å². The first-order valence-corrected chi connectivity index (χ1v) is 7.84. The number of thiophene rings is 1. The average molecular weight is 323 g/mol. The molecule has 110 valence electrons. The lowest BCUT2D eigenvalue weighted by atomic mass is 10.0. The quantitative estimate of drug-likeness (QED) is 0.386. The molecular formula is C14H15ClN4OS. The van der Waals surface area contributed by atoms with Gasteiger partial charge in [0, 0.05) is 23.2 Å². The highest BCUT2D eigenvalue weighted by atomic mass is 35.5. The molecule has 0 aromatic carbocycles. The predicted molar refractivity (Wildman–Crippen MR) is 85.5 cm³/mol. The van der Waals surface area contributed by atoms with Crippen molar-refractivity contribution in [2.45, 2.75) is 19.4 Å². The van der Waals surface area contributed by atoms with Gasteiger partial charge in [-0.2, -0.15) is 0 Å². The van der Waals surface area contributed by atoms with E-state index in [2.05, 4.69) is 33.4 Å². The number of oxime groups is 1. The van der Waals surface area contributed by atoms with Gasteiger partial charge in [-0.25, -0.2) is 4.98 Å². The number of pyridine rings is 1. The summed E-state index contributed by atoms with van der Waals surface area (Å²) in [6.45, 7) is 2.99. The Balaban J connectivity index is 2.02. The fourth-order valence-electron chi connectivity index (χ4n) is 2.68. The molecule has 0 amide bonds. The number of nitrogens with zero attached hydrogens (tertiary/aromatic N) is 3. The summed E-state index contributed by atoms with van der Waals surface area (Å²) >= 11 is 8.20. The van der Waals surface area contributed by atoms with Crippen LogP contribution in [0.5, 0.6) is 0 Å². The van der Waals surface area contributed by atoms with Crippen molar-refractivity contribution in [3.63, 3.8) is 0 Å². The maximum absolute atomic E-state index is 8.84. The van der Waals surface area contributed by atoms with E-state index in [1.54, 1.807) is 23.6 Å². The maximum Gasteiger partial charge on any atom is 0.171 e. The monoisotopic (exact) mass is 322 g/mol. The SMILES string of the molecule is CC1c2ccsc2CCN1c1nccc(/C(N)=N/O)c1Cl. The van der Waals surface area contributed by atoms with Gasteiger partial charge in [0.25, 0.3) is 0 Å². The average Bonchev–Trinajstić information content (AvgIpc) is 2.97. The Kier molecular flexibility index (Phi) is 3.73. The normalized spacial score (nSPS) is 18.7.